The van der Waals surface area contributed by atoms with Gasteiger partial charge in [0.05, 0.1) is 24.9 Å². The van der Waals surface area contributed by atoms with Crippen LogP contribution in [0.3, 0.4) is 0 Å². The van der Waals surface area contributed by atoms with Crippen molar-refractivity contribution in [3.05, 3.63) is 65.0 Å². The van der Waals surface area contributed by atoms with E-state index in [0.717, 1.165) is 77.6 Å². The molecule has 0 bridgehead atoms. The summed E-state index contributed by atoms with van der Waals surface area (Å²) < 4.78 is 5.37. The van der Waals surface area contributed by atoms with Crippen molar-refractivity contribution in [3.8, 4) is 17.0 Å². The highest BCUT2D eigenvalue weighted by Gasteiger charge is 2.24. The fourth-order valence-corrected chi connectivity index (χ4v) is 4.88. The number of hydrogen-bond donors (Lipinski definition) is 1. The number of aromatic nitrogens is 5. The summed E-state index contributed by atoms with van der Waals surface area (Å²) in [5.41, 5.74) is 7.53. The lowest BCUT2D eigenvalue weighted by Gasteiger charge is -2.30. The van der Waals surface area contributed by atoms with E-state index in [1.807, 2.05) is 44.3 Å². The summed E-state index contributed by atoms with van der Waals surface area (Å²) in [6, 6.07) is 10.2. The largest absolute Gasteiger partial charge is 0.497 e. The zero-order valence-electron chi connectivity index (χ0n) is 19.7. The van der Waals surface area contributed by atoms with Crippen molar-refractivity contribution >= 4 is 10.9 Å². The number of hydrogen-bond acceptors (Lipinski definition) is 6. The van der Waals surface area contributed by atoms with Gasteiger partial charge >= 0.3 is 0 Å². The number of pyridine rings is 1. The molecule has 1 aromatic carbocycles. The van der Waals surface area contributed by atoms with Crippen molar-refractivity contribution in [2.24, 2.45) is 0 Å². The molecule has 3 aromatic heterocycles. The Kier molecular flexibility index (Phi) is 5.81. The summed E-state index contributed by atoms with van der Waals surface area (Å²) in [5.74, 6) is 2.18. The van der Waals surface area contributed by atoms with E-state index in [-0.39, 0.29) is 0 Å². The van der Waals surface area contributed by atoms with Crippen LogP contribution in [0.25, 0.3) is 22.2 Å². The molecule has 4 aromatic rings. The summed E-state index contributed by atoms with van der Waals surface area (Å²) in [6.07, 6.45) is 4.04. The predicted octanol–water partition coefficient (Wildman–Crippen LogP) is 4.73. The molecule has 1 aliphatic heterocycles. The van der Waals surface area contributed by atoms with E-state index < -0.39 is 0 Å². The van der Waals surface area contributed by atoms with Crippen LogP contribution in [0.1, 0.15) is 47.2 Å². The van der Waals surface area contributed by atoms with Crippen LogP contribution in [0.2, 0.25) is 0 Å². The Balaban J connectivity index is 1.26. The number of H-pyrrole nitrogens is 1. The summed E-state index contributed by atoms with van der Waals surface area (Å²) in [7, 11) is 1.68. The molecule has 7 nitrogen and oxygen atoms in total. The fraction of sp³-hybridized carbons (Fsp3) is 0.385. The first-order valence-corrected chi connectivity index (χ1v) is 11.5. The number of piperidine rings is 1. The van der Waals surface area contributed by atoms with Crippen molar-refractivity contribution < 1.29 is 4.74 Å². The van der Waals surface area contributed by atoms with Crippen LogP contribution in [-0.4, -0.2) is 50.2 Å². The zero-order chi connectivity index (χ0) is 22.9. The number of methoxy groups -OCH3 is 1. The monoisotopic (exact) mass is 442 g/mol. The molecule has 1 N–H and O–H groups in total. The highest BCUT2D eigenvalue weighted by molar-refractivity contribution is 5.82. The summed E-state index contributed by atoms with van der Waals surface area (Å²) in [6.45, 7) is 9.01. The van der Waals surface area contributed by atoms with Gasteiger partial charge in [-0.15, -0.1) is 0 Å². The molecule has 1 fully saturated rings. The Labute approximate surface area is 194 Å². The molecule has 7 heteroatoms. The SMILES string of the molecule is COc1ccc2c(C)nc(CN3CCC(c4cc(-c5c(C)ccnc5C)n[nH]4)CC3)nc2c1. The molecule has 170 valence electrons. The van der Waals surface area contributed by atoms with Gasteiger partial charge in [0, 0.05) is 46.2 Å². The van der Waals surface area contributed by atoms with E-state index in [4.69, 9.17) is 14.7 Å². The molecule has 1 aliphatic rings. The van der Waals surface area contributed by atoms with E-state index in [9.17, 15) is 0 Å². The summed E-state index contributed by atoms with van der Waals surface area (Å²) in [4.78, 5) is 16.5. The molecular formula is C26H30N6O. The molecule has 0 radical (unpaired) electrons. The van der Waals surface area contributed by atoms with Crippen LogP contribution in [-0.2, 0) is 6.54 Å². The first kappa shape index (κ1) is 21.5. The van der Waals surface area contributed by atoms with Crippen LogP contribution in [0.5, 0.6) is 5.75 Å². The van der Waals surface area contributed by atoms with Gasteiger partial charge in [-0.25, -0.2) is 9.97 Å². The van der Waals surface area contributed by atoms with Crippen molar-refractivity contribution in [2.75, 3.05) is 20.2 Å². The number of likely N-dealkylation sites (tertiary alicyclic amines) is 1. The Morgan fingerprint density at radius 2 is 1.85 bits per heavy atom. The topological polar surface area (TPSA) is 79.8 Å². The van der Waals surface area contributed by atoms with Crippen molar-refractivity contribution in [2.45, 2.75) is 46.1 Å². The zero-order valence-corrected chi connectivity index (χ0v) is 19.7. The first-order chi connectivity index (χ1) is 16.0. The fourth-order valence-electron chi connectivity index (χ4n) is 4.88. The molecule has 0 amide bonds. The minimum Gasteiger partial charge on any atom is -0.497 e. The van der Waals surface area contributed by atoms with Gasteiger partial charge in [0.25, 0.3) is 0 Å². The van der Waals surface area contributed by atoms with Gasteiger partial charge in [0.2, 0.25) is 0 Å². The highest BCUT2D eigenvalue weighted by atomic mass is 16.5. The molecule has 0 atom stereocenters. The maximum atomic E-state index is 5.37. The number of benzene rings is 1. The van der Waals surface area contributed by atoms with E-state index in [2.05, 4.69) is 33.1 Å². The van der Waals surface area contributed by atoms with Gasteiger partial charge in [-0.05, 0) is 76.5 Å². The van der Waals surface area contributed by atoms with E-state index in [0.29, 0.717) is 5.92 Å². The molecular weight excluding hydrogens is 412 g/mol. The minimum absolute atomic E-state index is 0.489. The van der Waals surface area contributed by atoms with Gasteiger partial charge in [-0.2, -0.15) is 5.10 Å². The van der Waals surface area contributed by atoms with Crippen LogP contribution in [0, 0.1) is 20.8 Å². The van der Waals surface area contributed by atoms with E-state index in [1.54, 1.807) is 7.11 Å². The number of aromatic amines is 1. The molecule has 0 aliphatic carbocycles. The third kappa shape index (κ3) is 4.33. The quantitative estimate of drug-likeness (QED) is 0.481. The lowest BCUT2D eigenvalue weighted by atomic mass is 9.93. The Morgan fingerprint density at radius 3 is 2.61 bits per heavy atom. The average molecular weight is 443 g/mol. The number of fused-ring (bicyclic) bond motifs is 1. The lowest BCUT2D eigenvalue weighted by Crippen LogP contribution is -2.33. The average Bonchev–Trinajstić information content (AvgIpc) is 3.29. The van der Waals surface area contributed by atoms with Crippen LogP contribution in [0.4, 0.5) is 0 Å². The Bertz CT molecular complexity index is 1270. The minimum atomic E-state index is 0.489. The standard InChI is InChI=1S/C26H30N6O/c1-16-7-10-27-18(3)26(16)24-14-22(30-31-24)19-8-11-32(12-9-19)15-25-28-17(2)21-6-5-20(33-4)13-23(21)29-25/h5-7,10,13-14,19H,8-9,11-12,15H2,1-4H3,(H,30,31). The number of nitrogens with one attached hydrogen (secondary N) is 1. The second-order valence-corrected chi connectivity index (χ2v) is 8.96. The number of aryl methyl sites for hydroxylation is 3. The molecule has 0 saturated carbocycles. The first-order valence-electron chi connectivity index (χ1n) is 11.5. The third-order valence-corrected chi connectivity index (χ3v) is 6.74. The molecule has 4 heterocycles. The van der Waals surface area contributed by atoms with Crippen LogP contribution < -0.4 is 4.74 Å². The van der Waals surface area contributed by atoms with Crippen LogP contribution in [0.15, 0.2) is 36.5 Å². The number of ether oxygens (including phenoxy) is 1. The number of rotatable bonds is 5. The molecule has 1 saturated heterocycles. The number of nitrogens with zero attached hydrogens (tertiary/aromatic N) is 5. The van der Waals surface area contributed by atoms with Crippen molar-refractivity contribution in [1.82, 2.24) is 30.0 Å². The molecule has 0 spiro atoms. The van der Waals surface area contributed by atoms with E-state index >= 15 is 0 Å². The maximum absolute atomic E-state index is 5.37. The predicted molar refractivity (Wildman–Crippen MR) is 129 cm³/mol. The second-order valence-electron chi connectivity index (χ2n) is 8.96. The normalized spacial score (nSPS) is 15.3. The highest BCUT2D eigenvalue weighted by Crippen LogP contribution is 2.31. The third-order valence-electron chi connectivity index (χ3n) is 6.74. The smallest absolute Gasteiger partial charge is 0.143 e. The Hall–Kier alpha value is -3.32. The van der Waals surface area contributed by atoms with Crippen molar-refractivity contribution in [1.29, 1.82) is 0 Å². The molecule has 5 rings (SSSR count). The Morgan fingerprint density at radius 1 is 1.03 bits per heavy atom. The van der Waals surface area contributed by atoms with Gasteiger partial charge in [-0.1, -0.05) is 0 Å². The summed E-state index contributed by atoms with van der Waals surface area (Å²) >= 11 is 0. The second kappa shape index (κ2) is 8.90. The van der Waals surface area contributed by atoms with Gasteiger partial charge < -0.3 is 4.74 Å². The van der Waals surface area contributed by atoms with Gasteiger partial charge in [-0.3, -0.25) is 15.0 Å². The molecule has 33 heavy (non-hydrogen) atoms. The van der Waals surface area contributed by atoms with Gasteiger partial charge in [0.15, 0.2) is 0 Å². The maximum Gasteiger partial charge on any atom is 0.143 e. The summed E-state index contributed by atoms with van der Waals surface area (Å²) in [5, 5.41) is 8.99. The van der Waals surface area contributed by atoms with E-state index in [1.165, 1.54) is 11.3 Å². The van der Waals surface area contributed by atoms with Gasteiger partial charge in [0.1, 0.15) is 11.6 Å². The lowest BCUT2D eigenvalue weighted by molar-refractivity contribution is 0.199. The van der Waals surface area contributed by atoms with Crippen molar-refractivity contribution in [3.63, 3.8) is 0 Å². The molecule has 0 unspecified atom stereocenters. The van der Waals surface area contributed by atoms with Crippen LogP contribution >= 0.6 is 0 Å².